The number of anilines is 2. The van der Waals surface area contributed by atoms with Crippen LogP contribution in [0.1, 0.15) is 18.5 Å². The highest BCUT2D eigenvalue weighted by Gasteiger charge is 2.10. The van der Waals surface area contributed by atoms with Gasteiger partial charge in [-0.05, 0) is 18.6 Å². The van der Waals surface area contributed by atoms with Gasteiger partial charge in [0, 0.05) is 12.7 Å². The van der Waals surface area contributed by atoms with E-state index in [0.29, 0.717) is 11.8 Å². The number of aliphatic hydroxyl groups is 1. The SMILES string of the molecule is CCNc1nccc(NC(CO)c2ccccc2)n1. The van der Waals surface area contributed by atoms with E-state index in [9.17, 15) is 5.11 Å². The molecule has 1 atom stereocenters. The molecule has 1 aromatic heterocycles. The zero-order valence-electron chi connectivity index (χ0n) is 10.9. The standard InChI is InChI=1S/C14H18N4O/c1-2-15-14-16-9-8-13(18-14)17-12(10-19)11-6-4-3-5-7-11/h3-9,12,19H,2,10H2,1H3,(H2,15,16,17,18). The molecule has 2 rings (SSSR count). The third-order valence-corrected chi connectivity index (χ3v) is 2.70. The summed E-state index contributed by atoms with van der Waals surface area (Å²) >= 11 is 0. The molecule has 0 spiro atoms. The van der Waals surface area contributed by atoms with Gasteiger partial charge in [-0.1, -0.05) is 30.3 Å². The fraction of sp³-hybridized carbons (Fsp3) is 0.286. The van der Waals surface area contributed by atoms with E-state index < -0.39 is 0 Å². The first kappa shape index (κ1) is 13.3. The van der Waals surface area contributed by atoms with Crippen LogP contribution in [0.2, 0.25) is 0 Å². The molecule has 0 aliphatic carbocycles. The first-order valence-electron chi connectivity index (χ1n) is 6.32. The van der Waals surface area contributed by atoms with Gasteiger partial charge < -0.3 is 15.7 Å². The molecule has 1 heterocycles. The Balaban J connectivity index is 2.12. The molecule has 5 nitrogen and oxygen atoms in total. The maximum atomic E-state index is 9.49. The van der Waals surface area contributed by atoms with Crippen LogP contribution in [-0.2, 0) is 0 Å². The van der Waals surface area contributed by atoms with Gasteiger partial charge in [0.1, 0.15) is 5.82 Å². The quantitative estimate of drug-likeness (QED) is 0.740. The lowest BCUT2D eigenvalue weighted by Gasteiger charge is -2.17. The first-order chi connectivity index (χ1) is 9.33. The summed E-state index contributed by atoms with van der Waals surface area (Å²) in [7, 11) is 0. The number of benzene rings is 1. The average molecular weight is 258 g/mol. The minimum atomic E-state index is -0.175. The van der Waals surface area contributed by atoms with Gasteiger partial charge in [-0.2, -0.15) is 4.98 Å². The van der Waals surface area contributed by atoms with Crippen LogP contribution in [0.15, 0.2) is 42.6 Å². The smallest absolute Gasteiger partial charge is 0.224 e. The van der Waals surface area contributed by atoms with Gasteiger partial charge in [-0.3, -0.25) is 0 Å². The molecular weight excluding hydrogens is 240 g/mol. The molecule has 5 heteroatoms. The molecule has 3 N–H and O–H groups in total. The Hall–Kier alpha value is -2.14. The minimum absolute atomic E-state index is 0.00452. The van der Waals surface area contributed by atoms with Crippen LogP contribution in [0.5, 0.6) is 0 Å². The summed E-state index contributed by atoms with van der Waals surface area (Å²) in [6.45, 7) is 2.76. The van der Waals surface area contributed by atoms with Crippen molar-refractivity contribution in [3.8, 4) is 0 Å². The van der Waals surface area contributed by atoms with Gasteiger partial charge in [-0.25, -0.2) is 4.98 Å². The van der Waals surface area contributed by atoms with E-state index in [1.54, 1.807) is 12.3 Å². The van der Waals surface area contributed by atoms with E-state index >= 15 is 0 Å². The molecular formula is C14H18N4O. The number of hydrogen-bond acceptors (Lipinski definition) is 5. The van der Waals surface area contributed by atoms with Gasteiger partial charge in [0.2, 0.25) is 5.95 Å². The van der Waals surface area contributed by atoms with Gasteiger partial charge in [0.15, 0.2) is 0 Å². The fourth-order valence-electron chi connectivity index (χ4n) is 1.78. The maximum absolute atomic E-state index is 9.49. The molecule has 0 amide bonds. The molecule has 0 aliphatic heterocycles. The van der Waals surface area contributed by atoms with Crippen LogP contribution in [0, 0.1) is 0 Å². The van der Waals surface area contributed by atoms with Crippen molar-refractivity contribution in [2.45, 2.75) is 13.0 Å². The van der Waals surface area contributed by atoms with E-state index in [1.807, 2.05) is 37.3 Å². The summed E-state index contributed by atoms with van der Waals surface area (Å²) in [4.78, 5) is 8.44. The lowest BCUT2D eigenvalue weighted by atomic mass is 10.1. The molecule has 19 heavy (non-hydrogen) atoms. The van der Waals surface area contributed by atoms with Crippen LogP contribution < -0.4 is 10.6 Å². The van der Waals surface area contributed by atoms with E-state index in [0.717, 1.165) is 12.1 Å². The summed E-state index contributed by atoms with van der Waals surface area (Å²) in [5, 5.41) is 15.7. The average Bonchev–Trinajstić information content (AvgIpc) is 2.46. The summed E-state index contributed by atoms with van der Waals surface area (Å²) in [6, 6.07) is 11.4. The molecule has 1 unspecified atom stereocenters. The van der Waals surface area contributed by atoms with Gasteiger partial charge in [0.05, 0.1) is 12.6 Å². The molecule has 100 valence electrons. The second kappa shape index (κ2) is 6.70. The van der Waals surface area contributed by atoms with Crippen LogP contribution in [-0.4, -0.2) is 28.2 Å². The number of nitrogens with one attached hydrogen (secondary N) is 2. The lowest BCUT2D eigenvalue weighted by Crippen LogP contribution is -2.16. The minimum Gasteiger partial charge on any atom is -0.394 e. The van der Waals surface area contributed by atoms with Crippen molar-refractivity contribution < 1.29 is 5.11 Å². The fourth-order valence-corrected chi connectivity index (χ4v) is 1.78. The second-order valence-electron chi connectivity index (χ2n) is 4.09. The highest BCUT2D eigenvalue weighted by Crippen LogP contribution is 2.17. The van der Waals surface area contributed by atoms with Gasteiger partial charge >= 0.3 is 0 Å². The Morgan fingerprint density at radius 3 is 2.68 bits per heavy atom. The topological polar surface area (TPSA) is 70.1 Å². The summed E-state index contributed by atoms with van der Waals surface area (Å²) in [6.07, 6.45) is 1.69. The lowest BCUT2D eigenvalue weighted by molar-refractivity contribution is 0.276. The third kappa shape index (κ3) is 3.66. The zero-order chi connectivity index (χ0) is 13.5. The largest absolute Gasteiger partial charge is 0.394 e. The molecule has 0 bridgehead atoms. The monoisotopic (exact) mass is 258 g/mol. The molecule has 0 saturated carbocycles. The van der Waals surface area contributed by atoms with Crippen molar-refractivity contribution in [1.29, 1.82) is 0 Å². The summed E-state index contributed by atoms with van der Waals surface area (Å²) < 4.78 is 0. The van der Waals surface area contributed by atoms with Crippen molar-refractivity contribution in [2.75, 3.05) is 23.8 Å². The Kier molecular flexibility index (Phi) is 4.69. The molecule has 0 saturated heterocycles. The van der Waals surface area contributed by atoms with Crippen LogP contribution in [0.3, 0.4) is 0 Å². The van der Waals surface area contributed by atoms with E-state index in [2.05, 4.69) is 20.6 Å². The number of nitrogens with zero attached hydrogens (tertiary/aromatic N) is 2. The van der Waals surface area contributed by atoms with Crippen LogP contribution >= 0.6 is 0 Å². The van der Waals surface area contributed by atoms with Gasteiger partial charge in [0.25, 0.3) is 0 Å². The molecule has 0 radical (unpaired) electrons. The Morgan fingerprint density at radius 2 is 2.00 bits per heavy atom. The number of aliphatic hydroxyl groups excluding tert-OH is 1. The summed E-state index contributed by atoms with van der Waals surface area (Å²) in [5.41, 5.74) is 1.02. The van der Waals surface area contributed by atoms with E-state index in [-0.39, 0.29) is 12.6 Å². The Bertz CT molecular complexity index is 504. The molecule has 2 aromatic rings. The molecule has 0 aliphatic rings. The van der Waals surface area contributed by atoms with Crippen molar-refractivity contribution in [2.24, 2.45) is 0 Å². The van der Waals surface area contributed by atoms with Crippen molar-refractivity contribution in [3.05, 3.63) is 48.2 Å². The van der Waals surface area contributed by atoms with Crippen molar-refractivity contribution in [1.82, 2.24) is 9.97 Å². The van der Waals surface area contributed by atoms with Crippen LogP contribution in [0.4, 0.5) is 11.8 Å². The highest BCUT2D eigenvalue weighted by atomic mass is 16.3. The van der Waals surface area contributed by atoms with Crippen molar-refractivity contribution in [3.63, 3.8) is 0 Å². The highest BCUT2D eigenvalue weighted by molar-refractivity contribution is 5.42. The number of hydrogen-bond donors (Lipinski definition) is 3. The third-order valence-electron chi connectivity index (χ3n) is 2.70. The van der Waals surface area contributed by atoms with Crippen molar-refractivity contribution >= 4 is 11.8 Å². The number of rotatable bonds is 6. The predicted octanol–water partition coefficient (Wildman–Crippen LogP) is 2.05. The normalized spacial score (nSPS) is 11.9. The van der Waals surface area contributed by atoms with Crippen LogP contribution in [0.25, 0.3) is 0 Å². The second-order valence-corrected chi connectivity index (χ2v) is 4.09. The Morgan fingerprint density at radius 1 is 1.21 bits per heavy atom. The summed E-state index contributed by atoms with van der Waals surface area (Å²) in [5.74, 6) is 1.27. The first-order valence-corrected chi connectivity index (χ1v) is 6.32. The molecule has 0 fully saturated rings. The van der Waals surface area contributed by atoms with E-state index in [1.165, 1.54) is 0 Å². The predicted molar refractivity (Wildman–Crippen MR) is 76.1 cm³/mol. The maximum Gasteiger partial charge on any atom is 0.224 e. The molecule has 1 aromatic carbocycles. The number of aromatic nitrogens is 2. The van der Waals surface area contributed by atoms with Gasteiger partial charge in [-0.15, -0.1) is 0 Å². The Labute approximate surface area is 112 Å². The zero-order valence-corrected chi connectivity index (χ0v) is 10.9. The van der Waals surface area contributed by atoms with E-state index in [4.69, 9.17) is 0 Å².